The zero-order valence-electron chi connectivity index (χ0n) is 9.83. The maximum absolute atomic E-state index is 11.9. The number of sulfone groups is 1. The van der Waals surface area contributed by atoms with Crippen molar-refractivity contribution in [3.63, 3.8) is 0 Å². The number of hydrogen-bond acceptors (Lipinski definition) is 3. The van der Waals surface area contributed by atoms with Crippen molar-refractivity contribution in [3.8, 4) is 0 Å². The van der Waals surface area contributed by atoms with E-state index in [1.807, 2.05) is 0 Å². The maximum Gasteiger partial charge on any atom is 0.322 e. The van der Waals surface area contributed by atoms with Gasteiger partial charge in [0.15, 0.2) is 15.1 Å². The Hall–Kier alpha value is -1.36. The first kappa shape index (κ1) is 13.7. The maximum atomic E-state index is 11.9. The molecule has 1 atom stereocenters. The number of carboxylic acids is 1. The predicted octanol–water partition coefficient (Wildman–Crippen LogP) is 1.51. The van der Waals surface area contributed by atoms with Crippen molar-refractivity contribution in [2.24, 2.45) is 0 Å². The summed E-state index contributed by atoms with van der Waals surface area (Å²) in [5.74, 6) is -1.29. The molecule has 0 saturated carbocycles. The molecule has 1 rings (SSSR count). The van der Waals surface area contributed by atoms with E-state index in [1.54, 1.807) is 30.3 Å². The van der Waals surface area contributed by atoms with Crippen LogP contribution in [0, 0.1) is 0 Å². The number of aliphatic carboxylic acids is 1. The largest absolute Gasteiger partial charge is 0.480 e. The fraction of sp³-hybridized carbons (Fsp3) is 0.417. The van der Waals surface area contributed by atoms with Crippen LogP contribution in [0.1, 0.15) is 19.4 Å². The molecule has 0 aliphatic carbocycles. The van der Waals surface area contributed by atoms with Gasteiger partial charge in [-0.15, -0.1) is 0 Å². The minimum Gasteiger partial charge on any atom is -0.480 e. The van der Waals surface area contributed by atoms with Gasteiger partial charge in [-0.2, -0.15) is 0 Å². The lowest BCUT2D eigenvalue weighted by atomic mass is 10.1. The highest BCUT2D eigenvalue weighted by Crippen LogP contribution is 2.15. The first-order valence-electron chi connectivity index (χ1n) is 5.35. The van der Waals surface area contributed by atoms with Gasteiger partial charge in [0.2, 0.25) is 0 Å². The third-order valence-corrected chi connectivity index (χ3v) is 5.07. The molecule has 0 heterocycles. The summed E-state index contributed by atoms with van der Waals surface area (Å²) < 4.78 is 23.8. The highest BCUT2D eigenvalue weighted by molar-refractivity contribution is 7.93. The molecule has 0 radical (unpaired) electrons. The molecule has 1 aromatic rings. The monoisotopic (exact) mass is 256 g/mol. The highest BCUT2D eigenvalue weighted by Gasteiger charge is 2.34. The van der Waals surface area contributed by atoms with Crippen LogP contribution in [0.3, 0.4) is 0 Å². The van der Waals surface area contributed by atoms with Crippen LogP contribution in [0.4, 0.5) is 0 Å². The topological polar surface area (TPSA) is 71.4 Å². The Balaban J connectivity index is 3.01. The van der Waals surface area contributed by atoms with Crippen molar-refractivity contribution in [1.29, 1.82) is 0 Å². The van der Waals surface area contributed by atoms with E-state index in [0.29, 0.717) is 5.56 Å². The van der Waals surface area contributed by atoms with Crippen LogP contribution in [-0.2, 0) is 21.1 Å². The molecule has 1 unspecified atom stereocenters. The summed E-state index contributed by atoms with van der Waals surface area (Å²) in [6.07, 6.45) is 0.0106. The van der Waals surface area contributed by atoms with Gasteiger partial charge >= 0.3 is 5.97 Å². The minimum atomic E-state index is -3.64. The molecule has 0 aromatic heterocycles. The molecule has 0 aliphatic rings. The Labute approximate surface area is 101 Å². The second kappa shape index (κ2) is 5.31. The molecule has 0 amide bonds. The van der Waals surface area contributed by atoms with Crippen LogP contribution >= 0.6 is 0 Å². The van der Waals surface area contributed by atoms with Gasteiger partial charge in [-0.3, -0.25) is 4.79 Å². The van der Waals surface area contributed by atoms with Gasteiger partial charge in [0.25, 0.3) is 0 Å². The van der Waals surface area contributed by atoms with E-state index in [2.05, 4.69) is 0 Å². The van der Waals surface area contributed by atoms with E-state index in [1.165, 1.54) is 13.8 Å². The SMILES string of the molecule is CC(C)S(=O)(=O)C(Cc1ccccc1)C(=O)O. The van der Waals surface area contributed by atoms with E-state index < -0.39 is 26.3 Å². The summed E-state index contributed by atoms with van der Waals surface area (Å²) in [6.45, 7) is 2.99. The lowest BCUT2D eigenvalue weighted by Gasteiger charge is -2.16. The van der Waals surface area contributed by atoms with Crippen LogP contribution in [0.2, 0.25) is 0 Å². The molecular formula is C12H16O4S. The van der Waals surface area contributed by atoms with Gasteiger partial charge in [-0.25, -0.2) is 8.42 Å². The standard InChI is InChI=1S/C12H16O4S/c1-9(2)17(15,16)11(12(13)14)8-10-6-4-3-5-7-10/h3-7,9,11H,8H2,1-2H3,(H,13,14). The molecular weight excluding hydrogens is 240 g/mol. The van der Waals surface area contributed by atoms with Crippen LogP contribution in [0.25, 0.3) is 0 Å². The van der Waals surface area contributed by atoms with Gasteiger partial charge < -0.3 is 5.11 Å². The predicted molar refractivity (Wildman–Crippen MR) is 65.6 cm³/mol. The van der Waals surface area contributed by atoms with Gasteiger partial charge in [0, 0.05) is 0 Å². The van der Waals surface area contributed by atoms with Crippen LogP contribution in [0.15, 0.2) is 30.3 Å². The van der Waals surface area contributed by atoms with Crippen molar-refractivity contribution in [3.05, 3.63) is 35.9 Å². The summed E-state index contributed by atoms with van der Waals surface area (Å²) in [7, 11) is -3.64. The molecule has 1 aromatic carbocycles. The number of carboxylic acid groups (broad SMARTS) is 1. The van der Waals surface area contributed by atoms with Crippen molar-refractivity contribution >= 4 is 15.8 Å². The van der Waals surface area contributed by atoms with E-state index in [-0.39, 0.29) is 6.42 Å². The van der Waals surface area contributed by atoms with Gasteiger partial charge in [-0.1, -0.05) is 30.3 Å². The quantitative estimate of drug-likeness (QED) is 0.866. The normalized spacial score (nSPS) is 13.6. The molecule has 4 nitrogen and oxygen atoms in total. The molecule has 0 aliphatic heterocycles. The Kier molecular flexibility index (Phi) is 4.28. The zero-order valence-corrected chi connectivity index (χ0v) is 10.6. The second-order valence-electron chi connectivity index (χ2n) is 4.15. The average molecular weight is 256 g/mol. The van der Waals surface area contributed by atoms with Crippen molar-refractivity contribution < 1.29 is 18.3 Å². The van der Waals surface area contributed by atoms with Crippen LogP contribution in [0.5, 0.6) is 0 Å². The Morgan fingerprint density at radius 2 is 1.76 bits per heavy atom. The molecule has 0 spiro atoms. The van der Waals surface area contributed by atoms with Crippen molar-refractivity contribution in [1.82, 2.24) is 0 Å². The minimum absolute atomic E-state index is 0.0106. The first-order chi connectivity index (χ1) is 7.85. The summed E-state index contributed by atoms with van der Waals surface area (Å²) in [4.78, 5) is 11.1. The fourth-order valence-corrected chi connectivity index (χ4v) is 2.86. The molecule has 5 heteroatoms. The van der Waals surface area contributed by atoms with Gasteiger partial charge in [0.05, 0.1) is 5.25 Å². The lowest BCUT2D eigenvalue weighted by Crippen LogP contribution is -2.37. The van der Waals surface area contributed by atoms with E-state index in [9.17, 15) is 13.2 Å². The van der Waals surface area contributed by atoms with E-state index in [4.69, 9.17) is 5.11 Å². The fourth-order valence-electron chi connectivity index (χ4n) is 1.50. The zero-order chi connectivity index (χ0) is 13.1. The third-order valence-electron chi connectivity index (χ3n) is 2.59. The molecule has 94 valence electrons. The Morgan fingerprint density at radius 3 is 2.18 bits per heavy atom. The first-order valence-corrected chi connectivity index (χ1v) is 6.96. The average Bonchev–Trinajstić information content (AvgIpc) is 2.26. The third kappa shape index (κ3) is 3.30. The van der Waals surface area contributed by atoms with Crippen molar-refractivity contribution in [2.75, 3.05) is 0 Å². The molecule has 0 fully saturated rings. The highest BCUT2D eigenvalue weighted by atomic mass is 32.2. The summed E-state index contributed by atoms with van der Waals surface area (Å²) in [5.41, 5.74) is 0.712. The second-order valence-corrected chi connectivity index (χ2v) is 6.84. The smallest absolute Gasteiger partial charge is 0.322 e. The van der Waals surface area contributed by atoms with Crippen LogP contribution in [-0.4, -0.2) is 30.0 Å². The number of benzene rings is 1. The lowest BCUT2D eigenvalue weighted by molar-refractivity contribution is -0.136. The van der Waals surface area contributed by atoms with Gasteiger partial charge in [-0.05, 0) is 25.8 Å². The van der Waals surface area contributed by atoms with Crippen LogP contribution < -0.4 is 0 Å². The summed E-state index contributed by atoms with van der Waals surface area (Å²) >= 11 is 0. The summed E-state index contributed by atoms with van der Waals surface area (Å²) in [5, 5.41) is 6.98. The van der Waals surface area contributed by atoms with E-state index >= 15 is 0 Å². The number of rotatable bonds is 5. The summed E-state index contributed by atoms with van der Waals surface area (Å²) in [6, 6.07) is 8.78. The molecule has 17 heavy (non-hydrogen) atoms. The van der Waals surface area contributed by atoms with Crippen molar-refractivity contribution in [2.45, 2.75) is 30.8 Å². The Morgan fingerprint density at radius 1 is 1.24 bits per heavy atom. The molecule has 1 N–H and O–H groups in total. The molecule has 0 bridgehead atoms. The van der Waals surface area contributed by atoms with Gasteiger partial charge in [0.1, 0.15) is 0 Å². The number of carbonyl (C=O) groups is 1. The van der Waals surface area contributed by atoms with E-state index in [0.717, 1.165) is 0 Å². The molecule has 0 saturated heterocycles. The Bertz CT molecular complexity index is 476. The number of hydrogen-bond donors (Lipinski definition) is 1.